The van der Waals surface area contributed by atoms with Crippen molar-refractivity contribution in [2.75, 3.05) is 0 Å². The molecule has 5 heteroatoms. The summed E-state index contributed by atoms with van der Waals surface area (Å²) in [5.41, 5.74) is 0. The van der Waals surface area contributed by atoms with Gasteiger partial charge in [-0.15, -0.1) is 0 Å². The predicted molar refractivity (Wildman–Crippen MR) is 116 cm³/mol. The van der Waals surface area contributed by atoms with Crippen LogP contribution in [0.5, 0.6) is 0 Å². The van der Waals surface area contributed by atoms with Gasteiger partial charge in [0, 0.05) is 12.5 Å². The maximum Gasteiger partial charge on any atom is 0.331 e. The van der Waals surface area contributed by atoms with Crippen molar-refractivity contribution in [3.05, 3.63) is 72.9 Å². The third-order valence-corrected chi connectivity index (χ3v) is 4.24. The summed E-state index contributed by atoms with van der Waals surface area (Å²) in [5.74, 6) is -0.378. The van der Waals surface area contributed by atoms with E-state index in [-0.39, 0.29) is 18.5 Å². The van der Waals surface area contributed by atoms with E-state index in [0.717, 1.165) is 19.3 Å². The van der Waals surface area contributed by atoms with Gasteiger partial charge in [-0.2, -0.15) is 0 Å². The van der Waals surface area contributed by atoms with Gasteiger partial charge in [-0.1, -0.05) is 66.8 Å². The van der Waals surface area contributed by atoms with E-state index in [2.05, 4.69) is 0 Å². The number of hydrogen-bond donors (Lipinski definition) is 3. The van der Waals surface area contributed by atoms with Gasteiger partial charge in [0.05, 0.1) is 24.4 Å². The first-order valence-corrected chi connectivity index (χ1v) is 10.2. The summed E-state index contributed by atoms with van der Waals surface area (Å²) in [4.78, 5) is 11.7. The predicted octanol–water partition coefficient (Wildman–Crippen LogP) is 3.69. The first-order chi connectivity index (χ1) is 14.0. The molecule has 0 fully saturated rings. The van der Waals surface area contributed by atoms with Gasteiger partial charge in [0.25, 0.3) is 0 Å². The lowest BCUT2D eigenvalue weighted by molar-refractivity contribution is -0.142. The summed E-state index contributed by atoms with van der Waals surface area (Å²) in [6.45, 7) is 1.87. The fourth-order valence-corrected chi connectivity index (χ4v) is 2.66. The van der Waals surface area contributed by atoms with E-state index >= 15 is 0 Å². The molecular weight excluding hydrogens is 368 g/mol. The van der Waals surface area contributed by atoms with Gasteiger partial charge < -0.3 is 20.1 Å². The second-order valence-electron chi connectivity index (χ2n) is 7.09. The topological polar surface area (TPSA) is 87.0 Å². The highest BCUT2D eigenvalue weighted by atomic mass is 16.5. The summed E-state index contributed by atoms with van der Waals surface area (Å²) in [7, 11) is 0. The van der Waals surface area contributed by atoms with Crippen LogP contribution in [0.3, 0.4) is 0 Å². The second kappa shape index (κ2) is 15.7. The standard InChI is InChI=1S/C24H34O5/c1-20-13-7-3-2-4-8-16-22(26)19-23(27)17-11-5-9-14-21(25)15-10-6-12-18-24(28)29-20/h2,4-6,8-12,14,16,18,20-23,25-27H,3,7,13,15,17,19H2,1H3/b4-2-,10-6-,11-5-,14-9-,16-8-,18-12-/t20-,21+,22+,23-/m1/s1. The highest BCUT2D eigenvalue weighted by molar-refractivity contribution is 5.82. The van der Waals surface area contributed by atoms with Crippen LogP contribution in [-0.2, 0) is 9.53 Å². The molecule has 0 aromatic rings. The molecular formula is C24H34O5. The highest BCUT2D eigenvalue weighted by Crippen LogP contribution is 2.08. The zero-order chi connectivity index (χ0) is 21.3. The van der Waals surface area contributed by atoms with Crippen molar-refractivity contribution in [3.63, 3.8) is 0 Å². The van der Waals surface area contributed by atoms with Crippen molar-refractivity contribution in [2.24, 2.45) is 0 Å². The Labute approximate surface area is 174 Å². The zero-order valence-corrected chi connectivity index (χ0v) is 17.1. The Bertz CT molecular complexity index is 627. The second-order valence-corrected chi connectivity index (χ2v) is 7.09. The minimum atomic E-state index is -0.703. The van der Waals surface area contributed by atoms with Gasteiger partial charge in [-0.05, 0) is 39.0 Å². The molecule has 29 heavy (non-hydrogen) atoms. The Morgan fingerprint density at radius 2 is 1.52 bits per heavy atom. The first kappa shape index (κ1) is 24.8. The molecule has 0 radical (unpaired) electrons. The number of allylic oxidation sites excluding steroid dienone is 7. The van der Waals surface area contributed by atoms with Crippen molar-refractivity contribution < 1.29 is 24.9 Å². The van der Waals surface area contributed by atoms with Crippen LogP contribution in [0.4, 0.5) is 0 Å². The lowest BCUT2D eigenvalue weighted by Crippen LogP contribution is -2.14. The normalized spacial score (nSPS) is 35.4. The average molecular weight is 403 g/mol. The Morgan fingerprint density at radius 1 is 0.862 bits per heavy atom. The van der Waals surface area contributed by atoms with Crippen molar-refractivity contribution in [1.82, 2.24) is 0 Å². The minimum absolute atomic E-state index is 0.158. The third kappa shape index (κ3) is 14.4. The highest BCUT2D eigenvalue weighted by Gasteiger charge is 2.07. The van der Waals surface area contributed by atoms with E-state index < -0.39 is 18.3 Å². The molecule has 1 rings (SSSR count). The number of ether oxygens (including phenoxy) is 1. The van der Waals surface area contributed by atoms with Gasteiger partial charge in [0.1, 0.15) is 0 Å². The van der Waals surface area contributed by atoms with Gasteiger partial charge in [-0.25, -0.2) is 4.79 Å². The van der Waals surface area contributed by atoms with Gasteiger partial charge in [0.15, 0.2) is 0 Å². The lowest BCUT2D eigenvalue weighted by Gasteiger charge is -2.10. The number of cyclic esters (lactones) is 1. The van der Waals surface area contributed by atoms with E-state index in [9.17, 15) is 20.1 Å². The molecule has 0 bridgehead atoms. The van der Waals surface area contributed by atoms with Crippen LogP contribution in [0, 0.1) is 0 Å². The van der Waals surface area contributed by atoms with Crippen LogP contribution in [0.15, 0.2) is 72.9 Å². The van der Waals surface area contributed by atoms with Gasteiger partial charge in [0.2, 0.25) is 0 Å². The van der Waals surface area contributed by atoms with Gasteiger partial charge in [-0.3, -0.25) is 0 Å². The van der Waals surface area contributed by atoms with Crippen LogP contribution in [-0.4, -0.2) is 45.7 Å². The molecule has 3 N–H and O–H groups in total. The molecule has 0 aliphatic carbocycles. The summed E-state index contributed by atoms with van der Waals surface area (Å²) in [5, 5.41) is 29.8. The molecule has 0 saturated heterocycles. The largest absolute Gasteiger partial charge is 0.460 e. The maximum atomic E-state index is 11.7. The fourth-order valence-electron chi connectivity index (χ4n) is 2.66. The van der Waals surface area contributed by atoms with E-state index in [1.54, 1.807) is 54.7 Å². The van der Waals surface area contributed by atoms with Crippen molar-refractivity contribution in [1.29, 1.82) is 0 Å². The van der Waals surface area contributed by atoms with Crippen LogP contribution in [0.2, 0.25) is 0 Å². The number of aliphatic hydroxyl groups excluding tert-OH is 3. The summed E-state index contributed by atoms with van der Waals surface area (Å²) >= 11 is 0. The van der Waals surface area contributed by atoms with Crippen LogP contribution < -0.4 is 0 Å². The Morgan fingerprint density at radius 3 is 2.31 bits per heavy atom. The van der Waals surface area contributed by atoms with E-state index in [1.165, 1.54) is 6.08 Å². The Kier molecular flexibility index (Phi) is 13.4. The van der Waals surface area contributed by atoms with Gasteiger partial charge >= 0.3 is 5.97 Å². The third-order valence-electron chi connectivity index (χ3n) is 4.24. The smallest absolute Gasteiger partial charge is 0.331 e. The average Bonchev–Trinajstić information content (AvgIpc) is 2.65. The number of carbonyl (C=O) groups is 1. The number of aliphatic hydroxyl groups is 3. The molecule has 0 unspecified atom stereocenters. The monoisotopic (exact) mass is 402 g/mol. The molecule has 0 saturated carbocycles. The van der Waals surface area contributed by atoms with E-state index in [1.807, 2.05) is 19.1 Å². The lowest BCUT2D eigenvalue weighted by atomic mass is 10.1. The molecule has 160 valence electrons. The summed E-state index contributed by atoms with van der Waals surface area (Å²) in [6, 6.07) is 0. The SMILES string of the molecule is C[C@@H]1CCC/C=C\C=C/[C@H](O)C[C@H](O)C/C=C\C=C/[C@H](O)C/C=C\C=C/C(=O)O1. The quantitative estimate of drug-likeness (QED) is 0.538. The zero-order valence-electron chi connectivity index (χ0n) is 17.1. The number of rotatable bonds is 0. The molecule has 0 aromatic carbocycles. The molecule has 5 nitrogen and oxygen atoms in total. The molecule has 0 spiro atoms. The first-order valence-electron chi connectivity index (χ1n) is 10.2. The van der Waals surface area contributed by atoms with Crippen LogP contribution in [0.25, 0.3) is 0 Å². The Balaban J connectivity index is 2.66. The van der Waals surface area contributed by atoms with Crippen molar-refractivity contribution >= 4 is 5.97 Å². The van der Waals surface area contributed by atoms with Crippen molar-refractivity contribution in [3.8, 4) is 0 Å². The van der Waals surface area contributed by atoms with E-state index in [0.29, 0.717) is 12.8 Å². The molecule has 4 atom stereocenters. The number of carbonyl (C=O) groups excluding carboxylic acids is 1. The number of esters is 1. The van der Waals surface area contributed by atoms with E-state index in [4.69, 9.17) is 4.74 Å². The summed E-state index contributed by atoms with van der Waals surface area (Å²) < 4.78 is 5.31. The Hall–Kier alpha value is -2.21. The maximum absolute atomic E-state index is 11.7. The summed E-state index contributed by atoms with van der Waals surface area (Å²) in [6.07, 6.45) is 22.2. The molecule has 1 aliphatic heterocycles. The minimum Gasteiger partial charge on any atom is -0.460 e. The fraction of sp³-hybridized carbons (Fsp3) is 0.458. The molecule has 0 aromatic heterocycles. The van der Waals surface area contributed by atoms with Crippen LogP contribution in [0.1, 0.15) is 45.4 Å². The molecule has 0 amide bonds. The van der Waals surface area contributed by atoms with Crippen LogP contribution >= 0.6 is 0 Å². The molecule has 1 aliphatic rings. The molecule has 1 heterocycles. The number of hydrogen-bond acceptors (Lipinski definition) is 5. The van der Waals surface area contributed by atoms with Crippen molar-refractivity contribution in [2.45, 2.75) is 69.9 Å².